The van der Waals surface area contributed by atoms with Crippen LogP contribution in [0.5, 0.6) is 11.5 Å². The predicted molar refractivity (Wildman–Crippen MR) is 111 cm³/mol. The average Bonchev–Trinajstić information content (AvgIpc) is 3.08. The lowest BCUT2D eigenvalue weighted by molar-refractivity contribution is -0.141. The number of hydrogen-bond donors (Lipinski definition) is 0. The Morgan fingerprint density at radius 3 is 2.59 bits per heavy atom. The minimum Gasteiger partial charge on any atom is -0.493 e. The standard InChI is InChI=1S/C21H21Cl2NO5/c1-13(25)28-9-10-29-20-12-15(4-6-19(20)27-2)24-8-7-16(21(24)26)14-3-5-17(22)18(23)11-14/h3-6,11-12,16H,7-10H2,1-2H3. The zero-order valence-electron chi connectivity index (χ0n) is 16.1. The quantitative estimate of drug-likeness (QED) is 0.472. The Morgan fingerprint density at radius 1 is 1.10 bits per heavy atom. The summed E-state index contributed by atoms with van der Waals surface area (Å²) < 4.78 is 15.9. The van der Waals surface area contributed by atoms with Crippen molar-refractivity contribution in [2.75, 3.05) is 31.8 Å². The Kier molecular flexibility index (Phi) is 6.87. The molecule has 3 rings (SSSR count). The molecular weight excluding hydrogens is 417 g/mol. The summed E-state index contributed by atoms with van der Waals surface area (Å²) in [5.74, 6) is 0.345. The first-order chi connectivity index (χ1) is 13.9. The number of methoxy groups -OCH3 is 1. The van der Waals surface area contributed by atoms with Gasteiger partial charge in [0, 0.05) is 25.2 Å². The number of carbonyl (C=O) groups excluding carboxylic acids is 2. The number of ether oxygens (including phenoxy) is 3. The van der Waals surface area contributed by atoms with E-state index in [4.69, 9.17) is 37.4 Å². The summed E-state index contributed by atoms with van der Waals surface area (Å²) >= 11 is 12.1. The molecule has 154 valence electrons. The van der Waals surface area contributed by atoms with Crippen LogP contribution in [-0.2, 0) is 14.3 Å². The largest absolute Gasteiger partial charge is 0.493 e. The third kappa shape index (κ3) is 4.95. The van der Waals surface area contributed by atoms with Gasteiger partial charge < -0.3 is 19.1 Å². The minimum atomic E-state index is -0.370. The molecule has 0 radical (unpaired) electrons. The van der Waals surface area contributed by atoms with E-state index in [2.05, 4.69) is 0 Å². The average molecular weight is 438 g/mol. The maximum atomic E-state index is 13.0. The lowest BCUT2D eigenvalue weighted by Crippen LogP contribution is -2.26. The molecular formula is C21H21Cl2NO5. The van der Waals surface area contributed by atoms with Gasteiger partial charge in [-0.15, -0.1) is 0 Å². The highest BCUT2D eigenvalue weighted by molar-refractivity contribution is 6.42. The van der Waals surface area contributed by atoms with Crippen molar-refractivity contribution in [3.05, 3.63) is 52.0 Å². The monoisotopic (exact) mass is 437 g/mol. The second-order valence-electron chi connectivity index (χ2n) is 6.53. The highest BCUT2D eigenvalue weighted by Crippen LogP contribution is 2.38. The number of esters is 1. The number of carbonyl (C=O) groups is 2. The predicted octanol–water partition coefficient (Wildman–Crippen LogP) is 4.46. The van der Waals surface area contributed by atoms with Crippen LogP contribution in [-0.4, -0.2) is 38.7 Å². The SMILES string of the molecule is COc1ccc(N2CCC(c3ccc(Cl)c(Cl)c3)C2=O)cc1OCCOC(C)=O. The van der Waals surface area contributed by atoms with Gasteiger partial charge in [-0.1, -0.05) is 29.3 Å². The number of amides is 1. The van der Waals surface area contributed by atoms with Gasteiger partial charge in [0.1, 0.15) is 13.2 Å². The summed E-state index contributed by atoms with van der Waals surface area (Å²) in [5, 5.41) is 0.895. The van der Waals surface area contributed by atoms with Gasteiger partial charge in [-0.3, -0.25) is 9.59 Å². The molecule has 8 heteroatoms. The van der Waals surface area contributed by atoms with E-state index in [1.165, 1.54) is 14.0 Å². The van der Waals surface area contributed by atoms with Crippen molar-refractivity contribution < 1.29 is 23.8 Å². The molecule has 1 aliphatic rings. The molecule has 1 saturated heterocycles. The Hall–Kier alpha value is -2.44. The van der Waals surface area contributed by atoms with E-state index in [-0.39, 0.29) is 31.0 Å². The van der Waals surface area contributed by atoms with Crippen LogP contribution in [0.4, 0.5) is 5.69 Å². The molecule has 1 unspecified atom stereocenters. The van der Waals surface area contributed by atoms with Crippen molar-refractivity contribution in [3.63, 3.8) is 0 Å². The van der Waals surface area contributed by atoms with Crippen LogP contribution in [0.2, 0.25) is 10.0 Å². The van der Waals surface area contributed by atoms with E-state index >= 15 is 0 Å². The molecule has 2 aromatic rings. The normalized spacial score (nSPS) is 16.1. The van der Waals surface area contributed by atoms with E-state index in [0.717, 1.165) is 5.56 Å². The molecule has 0 bridgehead atoms. The van der Waals surface area contributed by atoms with Crippen molar-refractivity contribution in [1.29, 1.82) is 0 Å². The minimum absolute atomic E-state index is 0.0144. The topological polar surface area (TPSA) is 65.1 Å². The molecule has 1 aliphatic heterocycles. The van der Waals surface area contributed by atoms with Crippen molar-refractivity contribution in [2.45, 2.75) is 19.3 Å². The van der Waals surface area contributed by atoms with Crippen molar-refractivity contribution in [1.82, 2.24) is 0 Å². The maximum absolute atomic E-state index is 13.0. The van der Waals surface area contributed by atoms with E-state index in [0.29, 0.717) is 40.2 Å². The van der Waals surface area contributed by atoms with Gasteiger partial charge in [-0.05, 0) is 36.2 Å². The smallest absolute Gasteiger partial charge is 0.302 e. The maximum Gasteiger partial charge on any atom is 0.302 e. The first-order valence-electron chi connectivity index (χ1n) is 9.11. The van der Waals surface area contributed by atoms with Gasteiger partial charge in [0.05, 0.1) is 23.1 Å². The van der Waals surface area contributed by atoms with Crippen LogP contribution in [0.25, 0.3) is 0 Å². The Labute approximate surface area is 179 Å². The van der Waals surface area contributed by atoms with Gasteiger partial charge in [0.15, 0.2) is 11.5 Å². The summed E-state index contributed by atoms with van der Waals surface area (Å²) in [4.78, 5) is 25.6. The number of hydrogen-bond acceptors (Lipinski definition) is 5. The van der Waals surface area contributed by atoms with E-state index < -0.39 is 0 Å². The van der Waals surface area contributed by atoms with Gasteiger partial charge >= 0.3 is 5.97 Å². The number of benzene rings is 2. The van der Waals surface area contributed by atoms with Crippen LogP contribution >= 0.6 is 23.2 Å². The third-order valence-corrected chi connectivity index (χ3v) is 5.40. The van der Waals surface area contributed by atoms with Gasteiger partial charge in [-0.2, -0.15) is 0 Å². The molecule has 1 amide bonds. The summed E-state index contributed by atoms with van der Waals surface area (Å²) in [5.41, 5.74) is 1.55. The third-order valence-electron chi connectivity index (χ3n) is 4.66. The van der Waals surface area contributed by atoms with Crippen LogP contribution in [0, 0.1) is 0 Å². The molecule has 1 fully saturated rings. The van der Waals surface area contributed by atoms with Gasteiger partial charge in [0.2, 0.25) is 5.91 Å². The van der Waals surface area contributed by atoms with E-state index in [1.807, 2.05) is 12.1 Å². The lowest BCUT2D eigenvalue weighted by atomic mass is 9.98. The van der Waals surface area contributed by atoms with Crippen LogP contribution < -0.4 is 14.4 Å². The Morgan fingerprint density at radius 2 is 1.90 bits per heavy atom. The summed E-state index contributed by atoms with van der Waals surface area (Å²) in [6.07, 6.45) is 0.672. The molecule has 0 spiro atoms. The fourth-order valence-corrected chi connectivity index (χ4v) is 3.56. The fourth-order valence-electron chi connectivity index (χ4n) is 3.26. The summed E-state index contributed by atoms with van der Waals surface area (Å²) in [6.45, 7) is 2.22. The van der Waals surface area contributed by atoms with E-state index in [9.17, 15) is 9.59 Å². The van der Waals surface area contributed by atoms with Crippen molar-refractivity contribution in [2.24, 2.45) is 0 Å². The first-order valence-corrected chi connectivity index (χ1v) is 9.87. The van der Waals surface area contributed by atoms with Gasteiger partial charge in [-0.25, -0.2) is 0 Å². The number of halogens is 2. The molecule has 0 N–H and O–H groups in total. The molecule has 1 atom stereocenters. The second kappa shape index (κ2) is 9.37. The second-order valence-corrected chi connectivity index (χ2v) is 7.34. The molecule has 0 aromatic heterocycles. The number of rotatable bonds is 7. The molecule has 6 nitrogen and oxygen atoms in total. The van der Waals surface area contributed by atoms with Crippen molar-refractivity contribution in [3.8, 4) is 11.5 Å². The zero-order valence-corrected chi connectivity index (χ0v) is 17.6. The first kappa shape index (κ1) is 21.3. The molecule has 2 aromatic carbocycles. The summed E-state index contributed by atoms with van der Waals surface area (Å²) in [7, 11) is 1.54. The molecule has 0 aliphatic carbocycles. The Balaban J connectivity index is 1.76. The molecule has 1 heterocycles. The highest BCUT2D eigenvalue weighted by atomic mass is 35.5. The van der Waals surface area contributed by atoms with Gasteiger partial charge in [0.25, 0.3) is 0 Å². The van der Waals surface area contributed by atoms with E-state index in [1.54, 1.807) is 29.2 Å². The molecule has 29 heavy (non-hydrogen) atoms. The zero-order chi connectivity index (χ0) is 21.0. The van der Waals surface area contributed by atoms with Crippen LogP contribution in [0.3, 0.4) is 0 Å². The lowest BCUT2D eigenvalue weighted by Gasteiger charge is -2.19. The summed E-state index contributed by atoms with van der Waals surface area (Å²) in [6, 6.07) is 10.6. The number of nitrogens with zero attached hydrogens (tertiary/aromatic N) is 1. The van der Waals surface area contributed by atoms with Crippen LogP contribution in [0.1, 0.15) is 24.8 Å². The fraction of sp³-hybridized carbons (Fsp3) is 0.333. The number of anilines is 1. The van der Waals surface area contributed by atoms with Crippen LogP contribution in [0.15, 0.2) is 36.4 Å². The highest BCUT2D eigenvalue weighted by Gasteiger charge is 2.34. The van der Waals surface area contributed by atoms with Crippen molar-refractivity contribution >= 4 is 40.8 Å². The Bertz CT molecular complexity index is 918. The molecule has 0 saturated carbocycles.